The average molecular weight is 363 g/mol. The lowest BCUT2D eigenvalue weighted by atomic mass is 9.88. The van der Waals surface area contributed by atoms with E-state index in [0.717, 1.165) is 36.8 Å². The number of benzene rings is 1. The Labute approximate surface area is 155 Å². The highest BCUT2D eigenvalue weighted by molar-refractivity contribution is 5.92. The Balaban J connectivity index is 2.03. The van der Waals surface area contributed by atoms with Gasteiger partial charge in [-0.25, -0.2) is 9.59 Å². The smallest absolute Gasteiger partial charge is 0.407 e. The summed E-state index contributed by atoms with van der Waals surface area (Å²) in [5.41, 5.74) is 2.24. The van der Waals surface area contributed by atoms with Crippen molar-refractivity contribution in [2.24, 2.45) is 0 Å². The van der Waals surface area contributed by atoms with Crippen LogP contribution in [-0.4, -0.2) is 37.4 Å². The lowest BCUT2D eigenvalue weighted by Crippen LogP contribution is -2.40. The van der Waals surface area contributed by atoms with Crippen LogP contribution in [0.2, 0.25) is 0 Å². The number of amides is 1. The highest BCUT2D eigenvalue weighted by Gasteiger charge is 2.21. The van der Waals surface area contributed by atoms with Crippen molar-refractivity contribution in [3.63, 3.8) is 0 Å². The van der Waals surface area contributed by atoms with E-state index in [1.165, 1.54) is 7.11 Å². The molecule has 0 aromatic heterocycles. The molecule has 1 aliphatic carbocycles. The van der Waals surface area contributed by atoms with Crippen molar-refractivity contribution in [2.75, 3.05) is 13.7 Å². The van der Waals surface area contributed by atoms with Gasteiger partial charge in [-0.05, 0) is 76.6 Å². The second-order valence-corrected chi connectivity index (χ2v) is 7.67. The molecule has 0 unspecified atom stereocenters. The molecule has 0 fully saturated rings. The topological polar surface area (TPSA) is 73.9 Å². The van der Waals surface area contributed by atoms with E-state index in [1.54, 1.807) is 6.07 Å². The average Bonchev–Trinajstić information content (AvgIpc) is 2.56. The zero-order chi connectivity index (χ0) is 19.3. The maximum atomic E-state index is 12.1. The molecule has 1 aromatic rings. The molecule has 1 N–H and O–H groups in total. The van der Waals surface area contributed by atoms with Crippen LogP contribution in [0.5, 0.6) is 5.75 Å². The molecule has 0 bridgehead atoms. The molecule has 0 saturated heterocycles. The number of nitrogens with one attached hydrogen (secondary N) is 1. The van der Waals surface area contributed by atoms with E-state index in [4.69, 9.17) is 14.2 Å². The van der Waals surface area contributed by atoms with Gasteiger partial charge in [0.15, 0.2) is 0 Å². The first-order chi connectivity index (χ1) is 12.2. The Morgan fingerprint density at radius 2 is 1.88 bits per heavy atom. The zero-order valence-corrected chi connectivity index (χ0v) is 16.3. The fourth-order valence-corrected chi connectivity index (χ4v) is 2.99. The van der Waals surface area contributed by atoms with Gasteiger partial charge >= 0.3 is 12.1 Å². The van der Waals surface area contributed by atoms with E-state index in [-0.39, 0.29) is 18.6 Å². The van der Waals surface area contributed by atoms with Crippen molar-refractivity contribution < 1.29 is 23.8 Å². The van der Waals surface area contributed by atoms with Gasteiger partial charge in [0.2, 0.25) is 0 Å². The molecule has 1 aliphatic rings. The van der Waals surface area contributed by atoms with Gasteiger partial charge in [0.05, 0.1) is 18.7 Å². The Morgan fingerprint density at radius 3 is 2.54 bits per heavy atom. The van der Waals surface area contributed by atoms with Crippen LogP contribution in [0.15, 0.2) is 12.1 Å². The van der Waals surface area contributed by atoms with Crippen LogP contribution >= 0.6 is 0 Å². The first-order valence-corrected chi connectivity index (χ1v) is 9.06. The van der Waals surface area contributed by atoms with Crippen molar-refractivity contribution >= 4 is 12.1 Å². The van der Waals surface area contributed by atoms with Crippen molar-refractivity contribution in [1.82, 2.24) is 5.32 Å². The summed E-state index contributed by atoms with van der Waals surface area (Å²) in [4.78, 5) is 23.9. The van der Waals surface area contributed by atoms with Gasteiger partial charge in [-0.3, -0.25) is 0 Å². The second-order valence-electron chi connectivity index (χ2n) is 7.67. The molecule has 0 radical (unpaired) electrons. The molecule has 26 heavy (non-hydrogen) atoms. The minimum Gasteiger partial charge on any atom is -0.491 e. The Bertz CT molecular complexity index is 663. The molecule has 2 rings (SSSR count). The Hall–Kier alpha value is -2.24. The third-order valence-electron chi connectivity index (χ3n) is 4.11. The minimum atomic E-state index is -0.543. The number of ether oxygens (including phenoxy) is 3. The molecular weight excluding hydrogens is 334 g/mol. The predicted molar refractivity (Wildman–Crippen MR) is 98.8 cm³/mol. The summed E-state index contributed by atoms with van der Waals surface area (Å²) in [6.45, 7) is 7.56. The minimum absolute atomic E-state index is 0.234. The van der Waals surface area contributed by atoms with Crippen LogP contribution in [0.3, 0.4) is 0 Å². The lowest BCUT2D eigenvalue weighted by Gasteiger charge is -2.23. The highest BCUT2D eigenvalue weighted by Crippen LogP contribution is 2.30. The van der Waals surface area contributed by atoms with E-state index in [2.05, 4.69) is 5.32 Å². The number of hydrogen-bond donors (Lipinski definition) is 1. The van der Waals surface area contributed by atoms with Gasteiger partial charge in [0.1, 0.15) is 18.0 Å². The van der Waals surface area contributed by atoms with E-state index >= 15 is 0 Å². The molecule has 0 saturated carbocycles. The van der Waals surface area contributed by atoms with Crippen LogP contribution < -0.4 is 10.1 Å². The first-order valence-electron chi connectivity index (χ1n) is 9.06. The fraction of sp³-hybridized carbons (Fsp3) is 0.600. The molecule has 1 atom stereocenters. The van der Waals surface area contributed by atoms with E-state index < -0.39 is 11.7 Å². The van der Waals surface area contributed by atoms with Gasteiger partial charge in [0.25, 0.3) is 0 Å². The van der Waals surface area contributed by atoms with Crippen LogP contribution in [0.25, 0.3) is 0 Å². The zero-order valence-electron chi connectivity index (χ0n) is 16.3. The number of rotatable bonds is 5. The van der Waals surface area contributed by atoms with Crippen molar-refractivity contribution in [2.45, 2.75) is 65.0 Å². The molecule has 144 valence electrons. The summed E-state index contributed by atoms with van der Waals surface area (Å²) < 4.78 is 16.0. The monoisotopic (exact) mass is 363 g/mol. The van der Waals surface area contributed by atoms with E-state index in [0.29, 0.717) is 11.3 Å². The van der Waals surface area contributed by atoms with E-state index in [9.17, 15) is 9.59 Å². The Morgan fingerprint density at radius 1 is 1.19 bits per heavy atom. The van der Waals surface area contributed by atoms with Gasteiger partial charge in [-0.2, -0.15) is 0 Å². The van der Waals surface area contributed by atoms with Gasteiger partial charge in [-0.1, -0.05) is 0 Å². The van der Waals surface area contributed by atoms with Crippen LogP contribution in [0.1, 0.15) is 62.0 Å². The second kappa shape index (κ2) is 8.43. The summed E-state index contributed by atoms with van der Waals surface area (Å²) in [6.07, 6.45) is 3.52. The van der Waals surface area contributed by atoms with Gasteiger partial charge in [-0.15, -0.1) is 0 Å². The number of carbonyl (C=O) groups excluding carboxylic acids is 2. The molecule has 0 spiro atoms. The summed E-state index contributed by atoms with van der Waals surface area (Å²) in [5.74, 6) is 0.275. The molecule has 1 amide bonds. The normalized spacial score (nSPS) is 14.8. The maximum absolute atomic E-state index is 12.1. The number of esters is 1. The first kappa shape index (κ1) is 20.1. The third kappa shape index (κ3) is 5.64. The molecule has 6 heteroatoms. The molecule has 6 nitrogen and oxygen atoms in total. The largest absolute Gasteiger partial charge is 0.491 e. The van der Waals surface area contributed by atoms with Gasteiger partial charge in [0, 0.05) is 0 Å². The predicted octanol–water partition coefficient (Wildman–Crippen LogP) is 3.64. The van der Waals surface area contributed by atoms with Crippen molar-refractivity contribution in [3.8, 4) is 5.75 Å². The number of hydrogen-bond acceptors (Lipinski definition) is 5. The summed E-state index contributed by atoms with van der Waals surface area (Å²) in [7, 11) is 1.39. The quantitative estimate of drug-likeness (QED) is 0.809. The molecule has 0 aliphatic heterocycles. The number of fused-ring (bicyclic) bond motifs is 1. The molecule has 1 aromatic carbocycles. The highest BCUT2D eigenvalue weighted by atomic mass is 16.6. The summed E-state index contributed by atoms with van der Waals surface area (Å²) in [5, 5.41) is 2.74. The number of methoxy groups -OCH3 is 1. The van der Waals surface area contributed by atoms with Gasteiger partial charge < -0.3 is 19.5 Å². The van der Waals surface area contributed by atoms with Crippen molar-refractivity contribution in [3.05, 3.63) is 28.8 Å². The SMILES string of the molecule is COC(=O)c1cc(OC[C@H](C)NC(=O)OC(C)(C)C)cc2c1CCCC2. The molecular formula is C20H29NO5. The number of alkyl carbamates (subject to hydrolysis) is 1. The van der Waals surface area contributed by atoms with E-state index in [1.807, 2.05) is 33.8 Å². The van der Waals surface area contributed by atoms with Crippen LogP contribution in [0.4, 0.5) is 4.79 Å². The van der Waals surface area contributed by atoms with Crippen LogP contribution in [-0.2, 0) is 22.3 Å². The number of aryl methyl sites for hydroxylation is 1. The lowest BCUT2D eigenvalue weighted by molar-refractivity contribution is 0.0493. The Kier molecular flexibility index (Phi) is 6.51. The fourth-order valence-electron chi connectivity index (χ4n) is 2.99. The maximum Gasteiger partial charge on any atom is 0.407 e. The number of carbonyl (C=O) groups is 2. The summed E-state index contributed by atoms with van der Waals surface area (Å²) in [6, 6.07) is 3.49. The third-order valence-corrected chi connectivity index (χ3v) is 4.11. The van der Waals surface area contributed by atoms with Crippen molar-refractivity contribution in [1.29, 1.82) is 0 Å². The standard InChI is InChI=1S/C20H29NO5/c1-13(21-19(23)26-20(2,3)4)12-25-15-10-14-8-6-7-9-16(14)17(11-15)18(22)24-5/h10-11,13H,6-9,12H2,1-5H3,(H,21,23)/t13-/m0/s1. The van der Waals surface area contributed by atoms with Crippen LogP contribution in [0, 0.1) is 0 Å². The molecule has 0 heterocycles. The summed E-state index contributed by atoms with van der Waals surface area (Å²) >= 11 is 0.